The zero-order chi connectivity index (χ0) is 11.5. The minimum absolute atomic E-state index is 0.712. The van der Waals surface area contributed by atoms with Crippen molar-refractivity contribution in [3.05, 3.63) is 42.1 Å². The number of nitrogens with zero attached hydrogens (tertiary/aromatic N) is 2. The molecule has 0 atom stereocenters. The highest BCUT2D eigenvalue weighted by molar-refractivity contribution is 6.32. The van der Waals surface area contributed by atoms with Crippen molar-refractivity contribution in [1.82, 2.24) is 9.94 Å². The van der Waals surface area contributed by atoms with Crippen LogP contribution in [0.25, 0.3) is 11.3 Å². The molecule has 0 radical (unpaired) electrons. The first-order chi connectivity index (χ1) is 7.65. The number of hydrogen-bond acceptors (Lipinski definition) is 4. The van der Waals surface area contributed by atoms with Crippen molar-refractivity contribution in [2.45, 2.75) is 6.92 Å². The summed E-state index contributed by atoms with van der Waals surface area (Å²) in [7, 11) is -1.87. The van der Waals surface area contributed by atoms with Gasteiger partial charge in [-0.3, -0.25) is 0 Å². The summed E-state index contributed by atoms with van der Waals surface area (Å²) in [6.45, 7) is 1.99. The lowest BCUT2D eigenvalue weighted by Gasteiger charge is -2.02. The molecule has 2 aromatic rings. The fraction of sp³-hybridized carbons (Fsp3) is 0.100. The topological polar surface area (TPSA) is 67.5 Å². The van der Waals surface area contributed by atoms with Gasteiger partial charge in [0, 0.05) is 5.56 Å². The Morgan fingerprint density at radius 1 is 1.31 bits per heavy atom. The highest BCUT2D eigenvalue weighted by Crippen LogP contribution is 2.17. The highest BCUT2D eigenvalue weighted by Gasteiger charge is 2.12. The summed E-state index contributed by atoms with van der Waals surface area (Å²) >= 11 is 0. The van der Waals surface area contributed by atoms with Gasteiger partial charge in [0.1, 0.15) is 0 Å². The molecule has 6 heteroatoms. The Hall–Kier alpha value is -1.79. The lowest BCUT2D eigenvalue weighted by Crippen LogP contribution is -2.29. The van der Waals surface area contributed by atoms with Crippen molar-refractivity contribution in [3.8, 4) is 11.3 Å². The van der Waals surface area contributed by atoms with Crippen molar-refractivity contribution in [2.75, 3.05) is 0 Å². The van der Waals surface area contributed by atoms with Crippen LogP contribution in [0.3, 0.4) is 0 Å². The molecule has 2 rings (SSSR count). The Bertz CT molecular complexity index is 484. The van der Waals surface area contributed by atoms with Crippen LogP contribution in [0.2, 0.25) is 0 Å². The molecule has 2 N–H and O–H groups in total. The molecule has 0 saturated heterocycles. The summed E-state index contributed by atoms with van der Waals surface area (Å²) in [6.07, 6.45) is 1.51. The minimum Gasteiger partial charge on any atom is -0.405 e. The van der Waals surface area contributed by atoms with Gasteiger partial charge in [0.05, 0.1) is 11.9 Å². The molecule has 82 valence electrons. The van der Waals surface area contributed by atoms with Gasteiger partial charge in [-0.15, -0.1) is 9.94 Å². The summed E-state index contributed by atoms with van der Waals surface area (Å²) in [5, 5.41) is 21.2. The molecular formula is C10H11BN2O3. The molecule has 0 aliphatic rings. The van der Waals surface area contributed by atoms with E-state index in [1.807, 2.05) is 31.2 Å². The molecule has 1 aromatic heterocycles. The lowest BCUT2D eigenvalue weighted by molar-refractivity contribution is 0.141. The molecule has 1 aromatic carbocycles. The SMILES string of the molecule is Cc1cccc(-c2ccn(OB(O)O)n2)c1. The second-order valence-corrected chi connectivity index (χ2v) is 3.40. The van der Waals surface area contributed by atoms with Crippen molar-refractivity contribution in [3.63, 3.8) is 0 Å². The third-order valence-corrected chi connectivity index (χ3v) is 2.08. The van der Waals surface area contributed by atoms with E-state index in [2.05, 4.69) is 9.85 Å². The molecular weight excluding hydrogens is 207 g/mol. The van der Waals surface area contributed by atoms with Crippen LogP contribution in [0.5, 0.6) is 0 Å². The summed E-state index contributed by atoms with van der Waals surface area (Å²) in [5.41, 5.74) is 2.80. The molecule has 1 heterocycles. The maximum Gasteiger partial charge on any atom is 0.729 e. The van der Waals surface area contributed by atoms with Crippen LogP contribution < -0.4 is 4.76 Å². The summed E-state index contributed by atoms with van der Waals surface area (Å²) in [4.78, 5) is 1.02. The zero-order valence-corrected chi connectivity index (χ0v) is 8.74. The van der Waals surface area contributed by atoms with Crippen LogP contribution in [0, 0.1) is 6.92 Å². The van der Waals surface area contributed by atoms with Gasteiger partial charge in [-0.1, -0.05) is 23.8 Å². The lowest BCUT2D eigenvalue weighted by atomic mass is 10.1. The van der Waals surface area contributed by atoms with Gasteiger partial charge < -0.3 is 14.8 Å². The third-order valence-electron chi connectivity index (χ3n) is 2.08. The average Bonchev–Trinajstić information content (AvgIpc) is 2.65. The molecule has 0 spiro atoms. The monoisotopic (exact) mass is 218 g/mol. The molecule has 5 nitrogen and oxygen atoms in total. The predicted molar refractivity (Wildman–Crippen MR) is 59.2 cm³/mol. The molecule has 0 amide bonds. The molecule has 0 aliphatic heterocycles. The van der Waals surface area contributed by atoms with E-state index in [1.54, 1.807) is 6.07 Å². The number of rotatable bonds is 3. The van der Waals surface area contributed by atoms with Gasteiger partial charge in [-0.2, -0.15) is 0 Å². The van der Waals surface area contributed by atoms with Gasteiger partial charge in [0.2, 0.25) is 0 Å². The van der Waals surface area contributed by atoms with Crippen LogP contribution in [-0.4, -0.2) is 27.3 Å². The number of benzene rings is 1. The van der Waals surface area contributed by atoms with E-state index in [1.165, 1.54) is 6.20 Å². The predicted octanol–water partition coefficient (Wildman–Crippen LogP) is 0.257. The first kappa shape index (κ1) is 10.7. The summed E-state index contributed by atoms with van der Waals surface area (Å²) < 4.78 is 4.56. The van der Waals surface area contributed by atoms with Gasteiger partial charge in [0.15, 0.2) is 0 Å². The van der Waals surface area contributed by atoms with Crippen molar-refractivity contribution in [1.29, 1.82) is 0 Å². The molecule has 0 saturated carbocycles. The zero-order valence-electron chi connectivity index (χ0n) is 8.74. The second kappa shape index (κ2) is 4.38. The van der Waals surface area contributed by atoms with Crippen LogP contribution in [0.4, 0.5) is 0 Å². The molecule has 0 aliphatic carbocycles. The van der Waals surface area contributed by atoms with Gasteiger partial charge in [0.25, 0.3) is 0 Å². The van der Waals surface area contributed by atoms with Gasteiger partial charge >= 0.3 is 7.32 Å². The van der Waals surface area contributed by atoms with Crippen LogP contribution >= 0.6 is 0 Å². The largest absolute Gasteiger partial charge is 0.729 e. The molecule has 0 bridgehead atoms. The van der Waals surface area contributed by atoms with E-state index in [0.717, 1.165) is 16.0 Å². The van der Waals surface area contributed by atoms with E-state index < -0.39 is 7.32 Å². The fourth-order valence-corrected chi connectivity index (χ4v) is 1.42. The van der Waals surface area contributed by atoms with Gasteiger partial charge in [-0.25, -0.2) is 0 Å². The van der Waals surface area contributed by atoms with E-state index in [0.29, 0.717) is 5.69 Å². The molecule has 0 unspecified atom stereocenters. The molecule has 0 fully saturated rings. The fourth-order valence-electron chi connectivity index (χ4n) is 1.42. The van der Waals surface area contributed by atoms with Crippen LogP contribution in [0.15, 0.2) is 36.5 Å². The average molecular weight is 218 g/mol. The van der Waals surface area contributed by atoms with Crippen LogP contribution in [0.1, 0.15) is 5.56 Å². The number of aromatic nitrogens is 2. The number of aryl methyl sites for hydroxylation is 1. The Balaban J connectivity index is 2.24. The van der Waals surface area contributed by atoms with E-state index in [9.17, 15) is 0 Å². The highest BCUT2D eigenvalue weighted by atomic mass is 16.7. The Morgan fingerprint density at radius 2 is 2.12 bits per heavy atom. The van der Waals surface area contributed by atoms with Crippen molar-refractivity contribution >= 4 is 7.32 Å². The van der Waals surface area contributed by atoms with Crippen LogP contribution in [-0.2, 0) is 0 Å². The summed E-state index contributed by atoms with van der Waals surface area (Å²) in [5.74, 6) is 0. The van der Waals surface area contributed by atoms with E-state index in [-0.39, 0.29) is 0 Å². The van der Waals surface area contributed by atoms with E-state index >= 15 is 0 Å². The van der Waals surface area contributed by atoms with Gasteiger partial charge in [-0.05, 0) is 19.1 Å². The Kier molecular flexibility index (Phi) is 2.94. The minimum atomic E-state index is -1.87. The number of hydrogen-bond donors (Lipinski definition) is 2. The van der Waals surface area contributed by atoms with E-state index in [4.69, 9.17) is 10.0 Å². The van der Waals surface area contributed by atoms with Crippen molar-refractivity contribution in [2.24, 2.45) is 0 Å². The Morgan fingerprint density at radius 3 is 2.81 bits per heavy atom. The quantitative estimate of drug-likeness (QED) is 0.725. The normalized spacial score (nSPS) is 10.2. The Labute approximate surface area is 93.0 Å². The second-order valence-electron chi connectivity index (χ2n) is 3.40. The maximum atomic E-state index is 8.60. The maximum absolute atomic E-state index is 8.60. The third kappa shape index (κ3) is 2.42. The standard InChI is InChI=1S/C10H11BN2O3/c1-8-3-2-4-9(7-8)10-5-6-13(12-10)16-11(14)15/h2-7,14-15H,1H3. The summed E-state index contributed by atoms with van der Waals surface area (Å²) in [6, 6.07) is 9.58. The van der Waals surface area contributed by atoms with Crippen molar-refractivity contribution < 1.29 is 14.8 Å². The molecule has 16 heavy (non-hydrogen) atoms. The smallest absolute Gasteiger partial charge is 0.405 e. The first-order valence-electron chi connectivity index (χ1n) is 4.81. The first-order valence-corrected chi connectivity index (χ1v) is 4.81.